The normalized spacial score (nSPS) is 21.7. The minimum atomic E-state index is -0.218. The molecule has 1 aliphatic heterocycles. The fraction of sp³-hybridized carbons (Fsp3) is 0.952. The van der Waals surface area contributed by atoms with E-state index >= 15 is 0 Å². The highest BCUT2D eigenvalue weighted by molar-refractivity contribution is 7.54. The molecule has 0 aromatic rings. The Balaban J connectivity index is 2.74. The number of ketones is 1. The molecule has 7 nitrogen and oxygen atoms in total. The van der Waals surface area contributed by atoms with Gasteiger partial charge in [-0.3, -0.25) is 24.2 Å². The highest BCUT2D eigenvalue weighted by Crippen LogP contribution is 2.40. The second-order valence-electron chi connectivity index (χ2n) is 8.88. The van der Waals surface area contributed by atoms with Crippen molar-refractivity contribution in [1.29, 1.82) is 0 Å². The number of aliphatic hydroxyl groups is 1. The van der Waals surface area contributed by atoms with Gasteiger partial charge in [0, 0.05) is 43.9 Å². The Morgan fingerprint density at radius 2 is 1.90 bits per heavy atom. The number of nitrogens with zero attached hydrogens (tertiary/aromatic N) is 4. The number of Topliss-reactive ketones (excluding diaryl/α,β-unsaturated/α-hetero) is 1. The number of ether oxygens (including phenoxy) is 1. The lowest BCUT2D eigenvalue weighted by atomic mass is 10.1. The lowest BCUT2D eigenvalue weighted by molar-refractivity contribution is -0.124. The van der Waals surface area contributed by atoms with Crippen LogP contribution in [0, 0.1) is 0 Å². The van der Waals surface area contributed by atoms with E-state index in [0.29, 0.717) is 24.5 Å². The predicted molar refractivity (Wildman–Crippen MR) is 122 cm³/mol. The molecule has 29 heavy (non-hydrogen) atoms. The molecule has 1 N–H and O–H groups in total. The minimum absolute atomic E-state index is 0.0372. The molecule has 1 aliphatic rings. The van der Waals surface area contributed by atoms with Crippen LogP contribution in [0.25, 0.3) is 0 Å². The maximum Gasteiger partial charge on any atom is 0.158 e. The Morgan fingerprint density at radius 1 is 1.21 bits per heavy atom. The number of carbonyl (C=O) groups excluding carboxylic acids is 1. The smallest absolute Gasteiger partial charge is 0.158 e. The molecule has 1 saturated heterocycles. The molecule has 0 aromatic carbocycles. The van der Waals surface area contributed by atoms with E-state index in [1.807, 2.05) is 0 Å². The van der Waals surface area contributed by atoms with Crippen LogP contribution in [0.3, 0.4) is 0 Å². The van der Waals surface area contributed by atoms with E-state index in [1.165, 1.54) is 0 Å². The lowest BCUT2D eigenvalue weighted by Gasteiger charge is -2.45. The molecule has 2 atom stereocenters. The zero-order valence-corrected chi connectivity index (χ0v) is 20.7. The third-order valence-corrected chi connectivity index (χ3v) is 8.03. The minimum Gasteiger partial charge on any atom is -0.394 e. The van der Waals surface area contributed by atoms with Crippen molar-refractivity contribution < 1.29 is 14.6 Å². The maximum absolute atomic E-state index is 12.1. The highest BCUT2D eigenvalue weighted by Gasteiger charge is 2.28. The van der Waals surface area contributed by atoms with Crippen molar-refractivity contribution in [2.24, 2.45) is 0 Å². The van der Waals surface area contributed by atoms with Gasteiger partial charge < -0.3 is 9.84 Å². The number of aliphatic hydroxyl groups excluding tert-OH is 1. The van der Waals surface area contributed by atoms with Gasteiger partial charge in [0.15, 0.2) is 5.78 Å². The molecular formula is C21H45N4O3P. The zero-order chi connectivity index (χ0) is 22.0. The summed E-state index contributed by atoms with van der Waals surface area (Å²) < 4.78 is 7.83. The van der Waals surface area contributed by atoms with Crippen molar-refractivity contribution in [3.63, 3.8) is 0 Å². The fourth-order valence-electron chi connectivity index (χ4n) is 3.53. The summed E-state index contributed by atoms with van der Waals surface area (Å²) in [6, 6.07) is 1.42. The molecule has 172 valence electrons. The van der Waals surface area contributed by atoms with E-state index in [-0.39, 0.29) is 33.7 Å². The molecule has 0 aliphatic carbocycles. The summed E-state index contributed by atoms with van der Waals surface area (Å²) in [5.74, 6) is 0.122. The van der Waals surface area contributed by atoms with Crippen LogP contribution < -0.4 is 0 Å². The summed E-state index contributed by atoms with van der Waals surface area (Å²) in [4.78, 5) is 19.6. The largest absolute Gasteiger partial charge is 0.394 e. The Hall–Kier alpha value is -0.140. The Kier molecular flexibility index (Phi) is 13.0. The second-order valence-corrected chi connectivity index (χ2v) is 11.0. The van der Waals surface area contributed by atoms with Gasteiger partial charge in [-0.05, 0) is 62.8 Å². The Morgan fingerprint density at radius 3 is 2.48 bits per heavy atom. The zero-order valence-electron chi connectivity index (χ0n) is 19.8. The van der Waals surface area contributed by atoms with Crippen LogP contribution in [0.15, 0.2) is 0 Å². The van der Waals surface area contributed by atoms with Crippen molar-refractivity contribution >= 4 is 13.9 Å². The van der Waals surface area contributed by atoms with Gasteiger partial charge in [0.1, 0.15) is 6.61 Å². The van der Waals surface area contributed by atoms with Gasteiger partial charge in [0.05, 0.1) is 26.6 Å². The van der Waals surface area contributed by atoms with Crippen LogP contribution in [0.1, 0.15) is 47.5 Å². The van der Waals surface area contributed by atoms with Crippen molar-refractivity contribution in [3.05, 3.63) is 0 Å². The summed E-state index contributed by atoms with van der Waals surface area (Å²) in [6.45, 7) is 18.1. The quantitative estimate of drug-likeness (QED) is 0.375. The van der Waals surface area contributed by atoms with Crippen molar-refractivity contribution in [2.45, 2.75) is 65.6 Å². The standard InChI is InChI=1S/C21H45N4O3P/c1-18(2)22(6)15-23-10-11-25(19(3)4)29(7)17-24(16-23)20(5)8-9-21(27)14-28-13-12-26/h18-20,26H,8-17H2,1-7H3. The van der Waals surface area contributed by atoms with Crippen LogP contribution in [-0.2, 0) is 9.53 Å². The summed E-state index contributed by atoms with van der Waals surface area (Å²) in [5, 5.41) is 8.77. The van der Waals surface area contributed by atoms with Crippen LogP contribution in [-0.4, -0.2) is 115 Å². The predicted octanol–water partition coefficient (Wildman–Crippen LogP) is 2.30. The molecule has 1 heterocycles. The molecule has 0 saturated carbocycles. The SMILES string of the molecule is CC(C)N(C)CN1CCN(C(C)C)P(C)CN(C(C)CCC(=O)COCCO)C1. The Labute approximate surface area is 180 Å². The maximum atomic E-state index is 12.1. The van der Waals surface area contributed by atoms with E-state index in [4.69, 9.17) is 9.84 Å². The average molecular weight is 433 g/mol. The van der Waals surface area contributed by atoms with Crippen LogP contribution in [0.2, 0.25) is 0 Å². The van der Waals surface area contributed by atoms with Gasteiger partial charge in [0.2, 0.25) is 0 Å². The summed E-state index contributed by atoms with van der Waals surface area (Å²) in [5.41, 5.74) is 0. The fourth-order valence-corrected chi connectivity index (χ4v) is 5.81. The first-order valence-corrected chi connectivity index (χ1v) is 12.9. The van der Waals surface area contributed by atoms with Crippen LogP contribution >= 0.6 is 8.07 Å². The number of carbonyl (C=O) groups is 1. The molecule has 1 fully saturated rings. The van der Waals surface area contributed by atoms with Crippen molar-refractivity contribution in [3.8, 4) is 0 Å². The number of hydrogen-bond donors (Lipinski definition) is 1. The Bertz CT molecular complexity index is 467. The first-order chi connectivity index (χ1) is 13.6. The monoisotopic (exact) mass is 432 g/mol. The molecule has 0 bridgehead atoms. The second kappa shape index (κ2) is 14.0. The lowest BCUT2D eigenvalue weighted by Crippen LogP contribution is -2.52. The van der Waals surface area contributed by atoms with E-state index < -0.39 is 0 Å². The van der Waals surface area contributed by atoms with Gasteiger partial charge >= 0.3 is 0 Å². The molecular weight excluding hydrogens is 387 g/mol. The van der Waals surface area contributed by atoms with Crippen LogP contribution in [0.4, 0.5) is 0 Å². The van der Waals surface area contributed by atoms with Crippen LogP contribution in [0.5, 0.6) is 0 Å². The molecule has 1 rings (SSSR count). The molecule has 0 aromatic heterocycles. The molecule has 8 heteroatoms. The van der Waals surface area contributed by atoms with Gasteiger partial charge in [-0.2, -0.15) is 0 Å². The number of rotatable bonds is 12. The van der Waals surface area contributed by atoms with E-state index in [9.17, 15) is 4.79 Å². The third kappa shape index (κ3) is 10.1. The molecule has 0 amide bonds. The summed E-state index contributed by atoms with van der Waals surface area (Å²) >= 11 is 0. The topological polar surface area (TPSA) is 59.5 Å². The van der Waals surface area contributed by atoms with Gasteiger partial charge in [-0.25, -0.2) is 0 Å². The highest BCUT2D eigenvalue weighted by atomic mass is 31.1. The number of hydrogen-bond acceptors (Lipinski definition) is 7. The van der Waals surface area contributed by atoms with E-state index in [0.717, 1.165) is 39.1 Å². The van der Waals surface area contributed by atoms with Gasteiger partial charge in [0.25, 0.3) is 0 Å². The van der Waals surface area contributed by atoms with E-state index in [1.54, 1.807) is 0 Å². The molecule has 0 radical (unpaired) electrons. The molecule has 0 spiro atoms. The van der Waals surface area contributed by atoms with Crippen molar-refractivity contribution in [2.75, 3.05) is 66.2 Å². The summed E-state index contributed by atoms with van der Waals surface area (Å²) in [6.07, 6.45) is 2.45. The van der Waals surface area contributed by atoms with Gasteiger partial charge in [-0.1, -0.05) is 0 Å². The summed E-state index contributed by atoms with van der Waals surface area (Å²) in [7, 11) is 1.97. The van der Waals surface area contributed by atoms with Gasteiger partial charge in [-0.15, -0.1) is 0 Å². The van der Waals surface area contributed by atoms with Crippen molar-refractivity contribution in [1.82, 2.24) is 19.4 Å². The first kappa shape index (κ1) is 26.9. The molecule has 2 unspecified atom stereocenters. The van der Waals surface area contributed by atoms with E-state index in [2.05, 4.69) is 67.7 Å². The first-order valence-electron chi connectivity index (χ1n) is 11.0. The third-order valence-electron chi connectivity index (χ3n) is 5.72. The average Bonchev–Trinajstić information content (AvgIpc) is 2.63.